The molecule has 1 aliphatic heterocycles. The Morgan fingerprint density at radius 3 is 2.47 bits per heavy atom. The van der Waals surface area contributed by atoms with Crippen molar-refractivity contribution >= 4 is 6.08 Å². The molecule has 0 aromatic heterocycles. The van der Waals surface area contributed by atoms with Crippen LogP contribution in [0.5, 0.6) is 5.75 Å². The maximum Gasteiger partial charge on any atom is 0.416 e. The van der Waals surface area contributed by atoms with Crippen LogP contribution in [0.1, 0.15) is 11.1 Å². The van der Waals surface area contributed by atoms with Gasteiger partial charge in [-0.05, 0) is 24.3 Å². The molecule has 0 saturated carbocycles. The number of halogens is 5. The van der Waals surface area contributed by atoms with Gasteiger partial charge in [0.15, 0.2) is 6.10 Å². The van der Waals surface area contributed by atoms with E-state index in [0.717, 1.165) is 24.3 Å². The molecule has 1 unspecified atom stereocenters. The molecule has 92 valence electrons. The standard InChI is InChI=1S/C11H7F5O/c12-10(13)9-3-1-6-5-7(11(14,15)16)2-4-8(6)17-9/h1-5,9-10H. The topological polar surface area (TPSA) is 9.23 Å². The lowest BCUT2D eigenvalue weighted by Crippen LogP contribution is -2.25. The Morgan fingerprint density at radius 2 is 1.88 bits per heavy atom. The highest BCUT2D eigenvalue weighted by Gasteiger charge is 2.32. The molecule has 17 heavy (non-hydrogen) atoms. The molecule has 0 radical (unpaired) electrons. The summed E-state index contributed by atoms with van der Waals surface area (Å²) in [6.45, 7) is 0. The van der Waals surface area contributed by atoms with E-state index in [1.54, 1.807) is 0 Å². The fourth-order valence-electron chi connectivity index (χ4n) is 1.48. The van der Waals surface area contributed by atoms with E-state index in [1.165, 1.54) is 6.08 Å². The number of hydrogen-bond acceptors (Lipinski definition) is 1. The van der Waals surface area contributed by atoms with Gasteiger partial charge < -0.3 is 4.74 Å². The maximum atomic E-state index is 12.4. The number of alkyl halides is 5. The molecule has 1 aromatic rings. The largest absolute Gasteiger partial charge is 0.480 e. The fourth-order valence-corrected chi connectivity index (χ4v) is 1.48. The van der Waals surface area contributed by atoms with Crippen molar-refractivity contribution in [2.45, 2.75) is 18.7 Å². The van der Waals surface area contributed by atoms with Crippen LogP contribution in [0.2, 0.25) is 0 Å². The van der Waals surface area contributed by atoms with Crippen molar-refractivity contribution in [3.8, 4) is 5.75 Å². The van der Waals surface area contributed by atoms with Gasteiger partial charge >= 0.3 is 6.18 Å². The van der Waals surface area contributed by atoms with E-state index in [9.17, 15) is 22.0 Å². The van der Waals surface area contributed by atoms with Crippen LogP contribution in [0.15, 0.2) is 24.3 Å². The van der Waals surface area contributed by atoms with Crippen molar-refractivity contribution in [1.29, 1.82) is 0 Å². The summed E-state index contributed by atoms with van der Waals surface area (Å²) in [7, 11) is 0. The first-order chi connectivity index (χ1) is 7.88. The zero-order chi connectivity index (χ0) is 12.6. The average molecular weight is 250 g/mol. The first-order valence-corrected chi connectivity index (χ1v) is 4.72. The number of fused-ring (bicyclic) bond motifs is 1. The van der Waals surface area contributed by atoms with Crippen molar-refractivity contribution in [1.82, 2.24) is 0 Å². The zero-order valence-corrected chi connectivity index (χ0v) is 8.34. The second-order valence-corrected chi connectivity index (χ2v) is 3.53. The average Bonchev–Trinajstić information content (AvgIpc) is 2.26. The molecule has 1 aromatic carbocycles. The number of ether oxygens (including phenoxy) is 1. The molecular weight excluding hydrogens is 243 g/mol. The van der Waals surface area contributed by atoms with E-state index < -0.39 is 24.3 Å². The van der Waals surface area contributed by atoms with Crippen LogP contribution in [-0.4, -0.2) is 12.5 Å². The lowest BCUT2D eigenvalue weighted by molar-refractivity contribution is -0.137. The monoisotopic (exact) mass is 250 g/mol. The first kappa shape index (κ1) is 11.9. The predicted molar refractivity (Wildman–Crippen MR) is 50.9 cm³/mol. The lowest BCUT2D eigenvalue weighted by Gasteiger charge is -2.21. The van der Waals surface area contributed by atoms with Crippen LogP contribution in [0, 0.1) is 0 Å². The summed E-state index contributed by atoms with van der Waals surface area (Å²) >= 11 is 0. The van der Waals surface area contributed by atoms with Crippen LogP contribution in [0.3, 0.4) is 0 Å². The summed E-state index contributed by atoms with van der Waals surface area (Å²) < 4.78 is 66.6. The predicted octanol–water partition coefficient (Wildman–Crippen LogP) is 3.74. The minimum atomic E-state index is -4.46. The third-order valence-electron chi connectivity index (χ3n) is 2.31. The van der Waals surface area contributed by atoms with E-state index in [0.29, 0.717) is 0 Å². The Hall–Kier alpha value is -1.59. The highest BCUT2D eigenvalue weighted by atomic mass is 19.4. The SMILES string of the molecule is FC(F)C1C=Cc2cc(C(F)(F)F)ccc2O1. The van der Waals surface area contributed by atoms with Crippen molar-refractivity contribution in [2.24, 2.45) is 0 Å². The van der Waals surface area contributed by atoms with Crippen LogP contribution >= 0.6 is 0 Å². The molecule has 0 bridgehead atoms. The van der Waals surface area contributed by atoms with Crippen molar-refractivity contribution in [3.05, 3.63) is 35.4 Å². The van der Waals surface area contributed by atoms with Gasteiger partial charge in [0, 0.05) is 5.56 Å². The second kappa shape index (κ2) is 4.01. The zero-order valence-electron chi connectivity index (χ0n) is 8.34. The lowest BCUT2D eigenvalue weighted by atomic mass is 10.1. The van der Waals surface area contributed by atoms with Gasteiger partial charge in [-0.25, -0.2) is 8.78 Å². The van der Waals surface area contributed by atoms with E-state index >= 15 is 0 Å². The molecule has 0 aliphatic carbocycles. The van der Waals surface area contributed by atoms with E-state index in [-0.39, 0.29) is 11.3 Å². The fraction of sp³-hybridized carbons (Fsp3) is 0.273. The van der Waals surface area contributed by atoms with Gasteiger partial charge in [0.05, 0.1) is 5.56 Å². The van der Waals surface area contributed by atoms with E-state index in [2.05, 4.69) is 0 Å². The summed E-state index contributed by atoms with van der Waals surface area (Å²) in [5.74, 6) is 0.0331. The number of benzene rings is 1. The molecule has 1 heterocycles. The Bertz CT molecular complexity index is 450. The van der Waals surface area contributed by atoms with Crippen LogP contribution in [0.25, 0.3) is 6.08 Å². The summed E-state index contributed by atoms with van der Waals surface area (Å²) in [5.41, 5.74) is -0.684. The van der Waals surface area contributed by atoms with Crippen LogP contribution in [-0.2, 0) is 6.18 Å². The Labute approximate surface area is 93.5 Å². The smallest absolute Gasteiger partial charge is 0.416 e. The quantitative estimate of drug-likeness (QED) is 0.690. The molecule has 2 rings (SSSR count). The molecule has 0 N–H and O–H groups in total. The van der Waals surface area contributed by atoms with Crippen molar-refractivity contribution in [2.75, 3.05) is 0 Å². The van der Waals surface area contributed by atoms with Gasteiger partial charge in [0.25, 0.3) is 6.43 Å². The van der Waals surface area contributed by atoms with Gasteiger partial charge in [-0.15, -0.1) is 0 Å². The summed E-state index contributed by atoms with van der Waals surface area (Å²) in [5, 5.41) is 0. The molecule has 6 heteroatoms. The third-order valence-corrected chi connectivity index (χ3v) is 2.31. The highest BCUT2D eigenvalue weighted by Crippen LogP contribution is 2.35. The molecule has 1 aliphatic rings. The minimum Gasteiger partial charge on any atom is -0.480 e. The van der Waals surface area contributed by atoms with E-state index in [1.807, 2.05) is 0 Å². The van der Waals surface area contributed by atoms with Crippen molar-refractivity contribution in [3.63, 3.8) is 0 Å². The Kier molecular flexibility index (Phi) is 2.81. The summed E-state index contributed by atoms with van der Waals surface area (Å²) in [6, 6.07) is 2.73. The molecule has 1 nitrogen and oxygen atoms in total. The second-order valence-electron chi connectivity index (χ2n) is 3.53. The van der Waals surface area contributed by atoms with Gasteiger partial charge in [0.1, 0.15) is 5.75 Å². The van der Waals surface area contributed by atoms with Gasteiger partial charge in [0.2, 0.25) is 0 Å². The maximum absolute atomic E-state index is 12.4. The minimum absolute atomic E-state index is 0.0331. The van der Waals surface area contributed by atoms with Gasteiger partial charge in [-0.3, -0.25) is 0 Å². The third kappa shape index (κ3) is 2.40. The molecule has 0 saturated heterocycles. The highest BCUT2D eigenvalue weighted by molar-refractivity contribution is 5.61. The Morgan fingerprint density at radius 1 is 1.18 bits per heavy atom. The number of rotatable bonds is 1. The molecule has 0 fully saturated rings. The van der Waals surface area contributed by atoms with Gasteiger partial charge in [-0.1, -0.05) is 6.08 Å². The van der Waals surface area contributed by atoms with Gasteiger partial charge in [-0.2, -0.15) is 13.2 Å². The summed E-state index contributed by atoms with van der Waals surface area (Å²) in [4.78, 5) is 0. The molecule has 0 amide bonds. The first-order valence-electron chi connectivity index (χ1n) is 4.72. The van der Waals surface area contributed by atoms with E-state index in [4.69, 9.17) is 4.74 Å². The van der Waals surface area contributed by atoms with Crippen LogP contribution < -0.4 is 4.74 Å². The van der Waals surface area contributed by atoms with Crippen molar-refractivity contribution < 1.29 is 26.7 Å². The number of hydrogen-bond donors (Lipinski definition) is 0. The molecule has 1 atom stereocenters. The molecular formula is C11H7F5O. The normalized spacial score (nSPS) is 19.1. The Balaban J connectivity index is 2.33. The summed E-state index contributed by atoms with van der Waals surface area (Å²) in [6.07, 6.45) is -6.30. The molecule has 0 spiro atoms. The van der Waals surface area contributed by atoms with Crippen LogP contribution in [0.4, 0.5) is 22.0 Å².